The molecule has 2 rings (SSSR count). The Balaban J connectivity index is 2.41. The van der Waals surface area contributed by atoms with Crippen molar-refractivity contribution >= 4 is 5.69 Å². The highest BCUT2D eigenvalue weighted by Crippen LogP contribution is 2.34. The second-order valence-electron chi connectivity index (χ2n) is 3.60. The van der Waals surface area contributed by atoms with Crippen LogP contribution in [-0.2, 0) is 12.6 Å². The standard InChI is InChI=1S/C11H10F3N/c1-7-2-3-8-4-5-9(11(12,13)14)6-10(8)15-7/h4-6,15H,1-3H2. The fourth-order valence-corrected chi connectivity index (χ4v) is 1.63. The summed E-state index contributed by atoms with van der Waals surface area (Å²) in [5, 5.41) is 2.88. The summed E-state index contributed by atoms with van der Waals surface area (Å²) in [5.74, 6) is 0. The molecule has 0 bridgehead atoms. The normalized spacial score (nSPS) is 15.8. The van der Waals surface area contributed by atoms with Crippen LogP contribution >= 0.6 is 0 Å². The van der Waals surface area contributed by atoms with Crippen LogP contribution in [0.2, 0.25) is 0 Å². The van der Waals surface area contributed by atoms with E-state index in [9.17, 15) is 13.2 Å². The van der Waals surface area contributed by atoms with Crippen molar-refractivity contribution in [3.05, 3.63) is 41.6 Å². The third-order valence-corrected chi connectivity index (χ3v) is 2.44. The second-order valence-corrected chi connectivity index (χ2v) is 3.60. The third-order valence-electron chi connectivity index (χ3n) is 2.44. The summed E-state index contributed by atoms with van der Waals surface area (Å²) in [5.41, 5.74) is 1.58. The van der Waals surface area contributed by atoms with Crippen LogP contribution in [0.4, 0.5) is 18.9 Å². The highest BCUT2D eigenvalue weighted by atomic mass is 19.4. The first-order valence-corrected chi connectivity index (χ1v) is 4.62. The average Bonchev–Trinajstić information content (AvgIpc) is 2.15. The van der Waals surface area contributed by atoms with Crippen molar-refractivity contribution in [3.8, 4) is 0 Å². The number of anilines is 1. The Morgan fingerprint density at radius 3 is 2.60 bits per heavy atom. The van der Waals surface area contributed by atoms with E-state index >= 15 is 0 Å². The maximum absolute atomic E-state index is 12.4. The molecule has 4 heteroatoms. The summed E-state index contributed by atoms with van der Waals surface area (Å²) in [6.07, 6.45) is -2.76. The molecule has 0 radical (unpaired) electrons. The number of alkyl halides is 3. The number of nitrogens with one attached hydrogen (secondary N) is 1. The molecule has 0 atom stereocenters. The zero-order chi connectivity index (χ0) is 11.1. The van der Waals surface area contributed by atoms with Crippen LogP contribution in [0.25, 0.3) is 0 Å². The molecule has 1 aliphatic rings. The monoisotopic (exact) mass is 213 g/mol. The van der Waals surface area contributed by atoms with Gasteiger partial charge in [0.05, 0.1) is 5.56 Å². The molecular weight excluding hydrogens is 203 g/mol. The van der Waals surface area contributed by atoms with Crippen LogP contribution in [0, 0.1) is 0 Å². The Morgan fingerprint density at radius 1 is 1.20 bits per heavy atom. The molecule has 1 aromatic rings. The Bertz CT molecular complexity index is 407. The van der Waals surface area contributed by atoms with E-state index in [0.29, 0.717) is 5.69 Å². The molecule has 1 nitrogen and oxygen atoms in total. The predicted octanol–water partition coefficient (Wildman–Crippen LogP) is 3.58. The second kappa shape index (κ2) is 3.29. The molecular formula is C11H10F3N. The predicted molar refractivity (Wildman–Crippen MR) is 52.5 cm³/mol. The van der Waals surface area contributed by atoms with Crippen molar-refractivity contribution in [1.29, 1.82) is 0 Å². The Labute approximate surface area is 85.6 Å². The van der Waals surface area contributed by atoms with Crippen LogP contribution in [0.5, 0.6) is 0 Å². The molecule has 0 aliphatic carbocycles. The molecule has 0 aromatic heterocycles. The van der Waals surface area contributed by atoms with E-state index in [1.165, 1.54) is 6.07 Å². The average molecular weight is 213 g/mol. The number of aryl methyl sites for hydroxylation is 1. The minimum Gasteiger partial charge on any atom is -0.359 e. The van der Waals surface area contributed by atoms with Crippen LogP contribution in [-0.4, -0.2) is 0 Å². The number of fused-ring (bicyclic) bond motifs is 1. The van der Waals surface area contributed by atoms with Gasteiger partial charge in [-0.05, 0) is 30.5 Å². The summed E-state index contributed by atoms with van der Waals surface area (Å²) >= 11 is 0. The third kappa shape index (κ3) is 1.98. The first kappa shape index (κ1) is 10.1. The Kier molecular flexibility index (Phi) is 2.21. The smallest absolute Gasteiger partial charge is 0.359 e. The lowest BCUT2D eigenvalue weighted by molar-refractivity contribution is -0.137. The van der Waals surface area contributed by atoms with Crippen molar-refractivity contribution in [2.75, 3.05) is 5.32 Å². The van der Waals surface area contributed by atoms with Crippen molar-refractivity contribution < 1.29 is 13.2 Å². The van der Waals surface area contributed by atoms with Gasteiger partial charge in [0.15, 0.2) is 0 Å². The van der Waals surface area contributed by atoms with Crippen LogP contribution in [0.1, 0.15) is 17.5 Å². The van der Waals surface area contributed by atoms with Crippen molar-refractivity contribution in [2.45, 2.75) is 19.0 Å². The first-order chi connectivity index (χ1) is 6.97. The molecule has 1 heterocycles. The summed E-state index contributed by atoms with van der Waals surface area (Å²) in [6.45, 7) is 3.71. The lowest BCUT2D eigenvalue weighted by atomic mass is 10.00. The Morgan fingerprint density at radius 2 is 1.93 bits per heavy atom. The highest BCUT2D eigenvalue weighted by Gasteiger charge is 2.31. The Hall–Kier alpha value is -1.45. The van der Waals surface area contributed by atoms with E-state index in [-0.39, 0.29) is 0 Å². The fraction of sp³-hybridized carbons (Fsp3) is 0.273. The van der Waals surface area contributed by atoms with Gasteiger partial charge in [-0.15, -0.1) is 0 Å². The SMILES string of the molecule is C=C1CCc2ccc(C(F)(F)F)cc2N1. The lowest BCUT2D eigenvalue weighted by Crippen LogP contribution is -2.12. The first-order valence-electron chi connectivity index (χ1n) is 4.62. The lowest BCUT2D eigenvalue weighted by Gasteiger charge is -2.21. The minimum atomic E-state index is -4.28. The van der Waals surface area contributed by atoms with Gasteiger partial charge in [-0.1, -0.05) is 12.6 Å². The number of hydrogen-bond acceptors (Lipinski definition) is 1. The van der Waals surface area contributed by atoms with Gasteiger partial charge >= 0.3 is 6.18 Å². The summed E-state index contributed by atoms with van der Waals surface area (Å²) in [6, 6.07) is 3.78. The molecule has 0 saturated heterocycles. The minimum absolute atomic E-state index is 0.529. The molecule has 0 amide bonds. The topological polar surface area (TPSA) is 12.0 Å². The van der Waals surface area contributed by atoms with Crippen molar-refractivity contribution in [3.63, 3.8) is 0 Å². The van der Waals surface area contributed by atoms with Crippen LogP contribution in [0.15, 0.2) is 30.5 Å². The van der Waals surface area contributed by atoms with E-state index in [1.807, 2.05) is 0 Å². The molecule has 0 spiro atoms. The summed E-state index contributed by atoms with van der Waals surface area (Å²) in [4.78, 5) is 0. The number of rotatable bonds is 0. The zero-order valence-electron chi connectivity index (χ0n) is 7.99. The molecule has 1 N–H and O–H groups in total. The molecule has 0 saturated carbocycles. The zero-order valence-corrected chi connectivity index (χ0v) is 7.99. The highest BCUT2D eigenvalue weighted by molar-refractivity contribution is 5.59. The fourth-order valence-electron chi connectivity index (χ4n) is 1.63. The van der Waals surface area contributed by atoms with Gasteiger partial charge in [-0.25, -0.2) is 0 Å². The van der Waals surface area contributed by atoms with Gasteiger partial charge in [0.1, 0.15) is 0 Å². The number of halogens is 3. The van der Waals surface area contributed by atoms with Gasteiger partial charge in [0.25, 0.3) is 0 Å². The molecule has 15 heavy (non-hydrogen) atoms. The quantitative estimate of drug-likeness (QED) is 0.694. The number of hydrogen-bond donors (Lipinski definition) is 1. The van der Waals surface area contributed by atoms with Crippen LogP contribution < -0.4 is 5.32 Å². The van der Waals surface area contributed by atoms with Crippen LogP contribution in [0.3, 0.4) is 0 Å². The number of benzene rings is 1. The summed E-state index contributed by atoms with van der Waals surface area (Å²) < 4.78 is 37.2. The maximum Gasteiger partial charge on any atom is 0.416 e. The van der Waals surface area contributed by atoms with E-state index in [0.717, 1.165) is 36.2 Å². The number of allylic oxidation sites excluding steroid dienone is 1. The van der Waals surface area contributed by atoms with E-state index < -0.39 is 11.7 Å². The molecule has 0 fully saturated rings. The van der Waals surface area contributed by atoms with Gasteiger partial charge in [0.2, 0.25) is 0 Å². The molecule has 0 unspecified atom stereocenters. The van der Waals surface area contributed by atoms with Gasteiger partial charge in [0, 0.05) is 11.4 Å². The van der Waals surface area contributed by atoms with Gasteiger partial charge in [-0.3, -0.25) is 0 Å². The largest absolute Gasteiger partial charge is 0.416 e. The maximum atomic E-state index is 12.4. The molecule has 80 valence electrons. The molecule has 1 aromatic carbocycles. The van der Waals surface area contributed by atoms with E-state index in [2.05, 4.69) is 11.9 Å². The van der Waals surface area contributed by atoms with Crippen molar-refractivity contribution in [2.24, 2.45) is 0 Å². The van der Waals surface area contributed by atoms with Gasteiger partial charge < -0.3 is 5.32 Å². The van der Waals surface area contributed by atoms with Gasteiger partial charge in [-0.2, -0.15) is 13.2 Å². The van der Waals surface area contributed by atoms with E-state index in [4.69, 9.17) is 0 Å². The van der Waals surface area contributed by atoms with Crippen molar-refractivity contribution in [1.82, 2.24) is 0 Å². The molecule has 1 aliphatic heterocycles. The van der Waals surface area contributed by atoms with E-state index in [1.54, 1.807) is 0 Å². The summed E-state index contributed by atoms with van der Waals surface area (Å²) in [7, 11) is 0.